The lowest BCUT2D eigenvalue weighted by atomic mass is 9.95. The number of hydrogen-bond donors (Lipinski definition) is 0. The zero-order valence-corrected chi connectivity index (χ0v) is 8.93. The van der Waals surface area contributed by atoms with Gasteiger partial charge in [0.15, 0.2) is 0 Å². The van der Waals surface area contributed by atoms with Crippen LogP contribution in [-0.2, 0) is 0 Å². The molecule has 0 spiro atoms. The Hall–Kier alpha value is -0.750. The van der Waals surface area contributed by atoms with Crippen molar-refractivity contribution >= 4 is 11.6 Å². The second-order valence-electron chi connectivity index (χ2n) is 3.62. The number of halogens is 1. The van der Waals surface area contributed by atoms with Gasteiger partial charge < -0.3 is 0 Å². The maximum Gasteiger partial charge on any atom is 0.0408 e. The summed E-state index contributed by atoms with van der Waals surface area (Å²) in [5, 5.41) is 0.811. The molecule has 70 valence electrons. The summed E-state index contributed by atoms with van der Waals surface area (Å²) < 4.78 is 0. The normalized spacial score (nSPS) is 12.5. The summed E-state index contributed by atoms with van der Waals surface area (Å²) in [6.07, 6.45) is 1.03. The topological polar surface area (TPSA) is 0 Å². The van der Waals surface area contributed by atoms with E-state index in [4.69, 9.17) is 11.6 Å². The summed E-state index contributed by atoms with van der Waals surface area (Å²) in [5.41, 5.74) is 2.50. The van der Waals surface area contributed by atoms with E-state index in [1.54, 1.807) is 0 Å². The predicted octanol–water partition coefficient (Wildman–Crippen LogP) is 4.41. The highest BCUT2D eigenvalue weighted by atomic mass is 35.5. The Balaban J connectivity index is 2.76. The third-order valence-corrected chi connectivity index (χ3v) is 2.31. The molecule has 1 rings (SSSR count). The summed E-state index contributed by atoms with van der Waals surface area (Å²) in [7, 11) is 0. The average Bonchev–Trinajstić information content (AvgIpc) is 2.03. The lowest BCUT2D eigenvalue weighted by molar-refractivity contribution is 0.753. The molecule has 0 fully saturated rings. The summed E-state index contributed by atoms with van der Waals surface area (Å²) >= 11 is 5.90. The van der Waals surface area contributed by atoms with Gasteiger partial charge in [0, 0.05) is 5.02 Å². The molecule has 0 radical (unpaired) electrons. The first kappa shape index (κ1) is 10.3. The van der Waals surface area contributed by atoms with Gasteiger partial charge in [-0.05, 0) is 37.0 Å². The van der Waals surface area contributed by atoms with Crippen LogP contribution in [0.15, 0.2) is 36.4 Å². The van der Waals surface area contributed by atoms with E-state index in [9.17, 15) is 0 Å². The summed E-state index contributed by atoms with van der Waals surface area (Å²) in [6.45, 7) is 8.16. The Morgan fingerprint density at radius 3 is 2.77 bits per heavy atom. The molecule has 0 saturated carbocycles. The van der Waals surface area contributed by atoms with Crippen LogP contribution in [0.4, 0.5) is 0 Å². The number of allylic oxidation sites excluding steroid dienone is 1. The van der Waals surface area contributed by atoms with Crippen LogP contribution in [0, 0.1) is 0 Å². The standard InChI is InChI=1S/C12H15Cl/c1-9(2)7-10(3)11-5-4-6-12(13)8-11/h4-6,8,10H,1,7H2,2-3H3. The molecule has 0 nitrogen and oxygen atoms in total. The van der Waals surface area contributed by atoms with Crippen LogP contribution in [0.3, 0.4) is 0 Å². The van der Waals surface area contributed by atoms with Gasteiger partial charge in [0.05, 0.1) is 0 Å². The quantitative estimate of drug-likeness (QED) is 0.626. The van der Waals surface area contributed by atoms with E-state index in [1.165, 1.54) is 11.1 Å². The minimum Gasteiger partial charge on any atom is -0.100 e. The third kappa shape index (κ3) is 3.23. The van der Waals surface area contributed by atoms with Crippen LogP contribution in [0.1, 0.15) is 31.7 Å². The van der Waals surface area contributed by atoms with Crippen molar-refractivity contribution in [3.8, 4) is 0 Å². The van der Waals surface area contributed by atoms with E-state index in [0.717, 1.165) is 11.4 Å². The first-order chi connectivity index (χ1) is 6.09. The van der Waals surface area contributed by atoms with Gasteiger partial charge in [0.1, 0.15) is 0 Å². The number of benzene rings is 1. The zero-order chi connectivity index (χ0) is 9.84. The maximum absolute atomic E-state index is 5.90. The number of rotatable bonds is 3. The van der Waals surface area contributed by atoms with Crippen molar-refractivity contribution in [2.24, 2.45) is 0 Å². The molecule has 1 aromatic carbocycles. The highest BCUT2D eigenvalue weighted by Crippen LogP contribution is 2.24. The van der Waals surface area contributed by atoms with E-state index in [0.29, 0.717) is 5.92 Å². The van der Waals surface area contributed by atoms with Crippen LogP contribution < -0.4 is 0 Å². The second-order valence-corrected chi connectivity index (χ2v) is 4.05. The van der Waals surface area contributed by atoms with Crippen LogP contribution >= 0.6 is 11.6 Å². The largest absolute Gasteiger partial charge is 0.100 e. The first-order valence-electron chi connectivity index (χ1n) is 4.49. The SMILES string of the molecule is C=C(C)CC(C)c1cccc(Cl)c1. The maximum atomic E-state index is 5.90. The fraction of sp³-hybridized carbons (Fsp3) is 0.333. The van der Waals surface area contributed by atoms with Gasteiger partial charge in [-0.2, -0.15) is 0 Å². The molecule has 1 atom stereocenters. The molecular weight excluding hydrogens is 180 g/mol. The molecule has 1 unspecified atom stereocenters. The molecule has 0 bridgehead atoms. The number of hydrogen-bond acceptors (Lipinski definition) is 0. The minimum atomic E-state index is 0.510. The van der Waals surface area contributed by atoms with E-state index < -0.39 is 0 Å². The predicted molar refractivity (Wildman–Crippen MR) is 59.3 cm³/mol. The molecule has 0 amide bonds. The van der Waals surface area contributed by atoms with Gasteiger partial charge in [-0.15, -0.1) is 6.58 Å². The van der Waals surface area contributed by atoms with Crippen LogP contribution in [0.2, 0.25) is 5.02 Å². The Kier molecular flexibility index (Phi) is 3.56. The molecule has 0 aliphatic carbocycles. The van der Waals surface area contributed by atoms with E-state index >= 15 is 0 Å². The van der Waals surface area contributed by atoms with Crippen molar-refractivity contribution in [2.75, 3.05) is 0 Å². The molecule has 0 aliphatic heterocycles. The molecule has 0 heterocycles. The van der Waals surface area contributed by atoms with E-state index in [-0.39, 0.29) is 0 Å². The van der Waals surface area contributed by atoms with Crippen molar-refractivity contribution in [1.82, 2.24) is 0 Å². The lowest BCUT2D eigenvalue weighted by Gasteiger charge is -2.11. The molecule has 0 saturated heterocycles. The van der Waals surface area contributed by atoms with Crippen molar-refractivity contribution in [3.05, 3.63) is 47.0 Å². The van der Waals surface area contributed by atoms with E-state index in [2.05, 4.69) is 26.5 Å². The monoisotopic (exact) mass is 194 g/mol. The summed E-state index contributed by atoms with van der Waals surface area (Å²) in [4.78, 5) is 0. The summed E-state index contributed by atoms with van der Waals surface area (Å²) in [5.74, 6) is 0.510. The van der Waals surface area contributed by atoms with Crippen LogP contribution in [-0.4, -0.2) is 0 Å². The van der Waals surface area contributed by atoms with Crippen molar-refractivity contribution in [2.45, 2.75) is 26.2 Å². The van der Waals surface area contributed by atoms with Crippen molar-refractivity contribution in [3.63, 3.8) is 0 Å². The molecule has 1 aromatic rings. The highest BCUT2D eigenvalue weighted by Gasteiger charge is 2.05. The molecule has 0 N–H and O–H groups in total. The third-order valence-electron chi connectivity index (χ3n) is 2.07. The molecule has 13 heavy (non-hydrogen) atoms. The lowest BCUT2D eigenvalue weighted by Crippen LogP contribution is -1.93. The first-order valence-corrected chi connectivity index (χ1v) is 4.87. The fourth-order valence-corrected chi connectivity index (χ4v) is 1.65. The second kappa shape index (κ2) is 4.48. The smallest absolute Gasteiger partial charge is 0.0408 e. The minimum absolute atomic E-state index is 0.510. The van der Waals surface area contributed by atoms with E-state index in [1.807, 2.05) is 18.2 Å². The van der Waals surface area contributed by atoms with Gasteiger partial charge >= 0.3 is 0 Å². The molecule has 0 aliphatic rings. The Bertz CT molecular complexity index is 302. The zero-order valence-electron chi connectivity index (χ0n) is 8.18. The Morgan fingerprint density at radius 1 is 1.54 bits per heavy atom. The van der Waals surface area contributed by atoms with Crippen molar-refractivity contribution in [1.29, 1.82) is 0 Å². The van der Waals surface area contributed by atoms with Crippen molar-refractivity contribution < 1.29 is 0 Å². The fourth-order valence-electron chi connectivity index (χ4n) is 1.45. The van der Waals surface area contributed by atoms with Gasteiger partial charge in [-0.3, -0.25) is 0 Å². The summed E-state index contributed by atoms with van der Waals surface area (Å²) in [6, 6.07) is 8.03. The Labute approximate surface area is 85.2 Å². The van der Waals surface area contributed by atoms with Crippen LogP contribution in [0.5, 0.6) is 0 Å². The average molecular weight is 195 g/mol. The molecule has 0 aromatic heterocycles. The van der Waals surface area contributed by atoms with Crippen LogP contribution in [0.25, 0.3) is 0 Å². The van der Waals surface area contributed by atoms with Gasteiger partial charge in [-0.1, -0.05) is 36.2 Å². The Morgan fingerprint density at radius 2 is 2.23 bits per heavy atom. The molecule has 1 heteroatoms. The molecular formula is C12H15Cl. The van der Waals surface area contributed by atoms with Gasteiger partial charge in [-0.25, -0.2) is 0 Å². The highest BCUT2D eigenvalue weighted by molar-refractivity contribution is 6.30. The van der Waals surface area contributed by atoms with Gasteiger partial charge in [0.2, 0.25) is 0 Å². The van der Waals surface area contributed by atoms with Gasteiger partial charge in [0.25, 0.3) is 0 Å².